The van der Waals surface area contributed by atoms with E-state index < -0.39 is 5.97 Å². The number of carbonyl (C=O) groups is 1. The lowest BCUT2D eigenvalue weighted by Gasteiger charge is -2.10. The van der Waals surface area contributed by atoms with Crippen molar-refractivity contribution in [3.63, 3.8) is 0 Å². The van der Waals surface area contributed by atoms with Crippen molar-refractivity contribution in [2.75, 3.05) is 5.73 Å². The molecule has 0 bridgehead atoms. The minimum atomic E-state index is -1.03. The minimum absolute atomic E-state index is 0.109. The number of ether oxygens (including phenoxy) is 1. The molecule has 0 fully saturated rings. The first-order valence-corrected chi connectivity index (χ1v) is 6.44. The van der Waals surface area contributed by atoms with Gasteiger partial charge < -0.3 is 15.6 Å². The maximum Gasteiger partial charge on any atom is 0.339 e. The fourth-order valence-corrected chi connectivity index (χ4v) is 1.61. The number of anilines is 1. The molecule has 0 unspecified atom stereocenters. The van der Waals surface area contributed by atoms with Crippen molar-refractivity contribution >= 4 is 11.7 Å². The molecule has 2 rings (SSSR count). The summed E-state index contributed by atoms with van der Waals surface area (Å²) in [7, 11) is 0. The molecule has 0 spiro atoms. The summed E-state index contributed by atoms with van der Waals surface area (Å²) in [5.41, 5.74) is 7.43. The van der Waals surface area contributed by atoms with Crippen molar-refractivity contribution in [3.8, 4) is 11.5 Å². The number of aryl methyl sites for hydroxylation is 1. The highest BCUT2D eigenvalue weighted by atomic mass is 16.5. The van der Waals surface area contributed by atoms with Gasteiger partial charge in [0.15, 0.2) is 0 Å². The molecule has 0 atom stereocenters. The molecule has 0 amide bonds. The van der Waals surface area contributed by atoms with Crippen LogP contribution in [-0.4, -0.2) is 11.1 Å². The molecule has 0 saturated heterocycles. The van der Waals surface area contributed by atoms with E-state index in [2.05, 4.69) is 0 Å². The topological polar surface area (TPSA) is 72.5 Å². The number of nitrogen functional groups attached to an aromatic ring is 1. The number of hydrogen-bond donors (Lipinski definition) is 2. The van der Waals surface area contributed by atoms with Crippen LogP contribution in [0.4, 0.5) is 5.69 Å². The van der Waals surface area contributed by atoms with Crippen LogP contribution in [0.25, 0.3) is 0 Å². The third kappa shape index (κ3) is 3.75. The third-order valence-corrected chi connectivity index (χ3v) is 2.50. The van der Waals surface area contributed by atoms with Crippen LogP contribution < -0.4 is 10.5 Å². The quantitative estimate of drug-likeness (QED) is 0.826. The Hall–Kier alpha value is -2.49. The number of benzene rings is 2. The van der Waals surface area contributed by atoms with Crippen molar-refractivity contribution < 1.29 is 14.6 Å². The molecule has 2 aromatic carbocycles. The molecule has 0 aliphatic rings. The first-order chi connectivity index (χ1) is 9.58. The van der Waals surface area contributed by atoms with Crippen LogP contribution in [0.2, 0.25) is 0 Å². The van der Waals surface area contributed by atoms with E-state index in [4.69, 9.17) is 15.6 Å². The summed E-state index contributed by atoms with van der Waals surface area (Å²) in [4.78, 5) is 11.0. The highest BCUT2D eigenvalue weighted by molar-refractivity contribution is 5.91. The second-order valence-electron chi connectivity index (χ2n) is 3.94. The van der Waals surface area contributed by atoms with Crippen LogP contribution in [0.3, 0.4) is 0 Å². The van der Waals surface area contributed by atoms with E-state index in [-0.39, 0.29) is 11.3 Å². The molecule has 0 aliphatic heterocycles. The second-order valence-corrected chi connectivity index (χ2v) is 3.94. The van der Waals surface area contributed by atoms with E-state index in [9.17, 15) is 4.79 Å². The predicted molar refractivity (Wildman–Crippen MR) is 80.4 cm³/mol. The Morgan fingerprint density at radius 2 is 1.75 bits per heavy atom. The zero-order valence-corrected chi connectivity index (χ0v) is 11.9. The Morgan fingerprint density at radius 1 is 1.10 bits per heavy atom. The number of carboxylic acids is 1. The van der Waals surface area contributed by atoms with Gasteiger partial charge in [0, 0.05) is 0 Å². The van der Waals surface area contributed by atoms with E-state index in [1.165, 1.54) is 6.07 Å². The van der Waals surface area contributed by atoms with Gasteiger partial charge in [0.1, 0.15) is 17.1 Å². The van der Waals surface area contributed by atoms with Crippen molar-refractivity contribution in [3.05, 3.63) is 53.6 Å². The molecule has 4 heteroatoms. The SMILES string of the molecule is CC.Cc1ccc(Oc2ccccc2C(=O)O)c(N)c1. The Bertz CT molecular complexity index is 594. The average Bonchev–Trinajstić information content (AvgIpc) is 2.44. The van der Waals surface area contributed by atoms with Crippen LogP contribution >= 0.6 is 0 Å². The Labute approximate surface area is 118 Å². The molecule has 106 valence electrons. The average molecular weight is 273 g/mol. The Kier molecular flexibility index (Phi) is 5.59. The molecular weight excluding hydrogens is 254 g/mol. The molecule has 4 nitrogen and oxygen atoms in total. The fourth-order valence-electron chi connectivity index (χ4n) is 1.61. The highest BCUT2D eigenvalue weighted by Gasteiger charge is 2.12. The molecule has 2 aromatic rings. The molecular formula is C16H19NO3. The van der Waals surface area contributed by atoms with E-state index in [0.29, 0.717) is 11.4 Å². The van der Waals surface area contributed by atoms with Gasteiger partial charge >= 0.3 is 5.97 Å². The van der Waals surface area contributed by atoms with Crippen LogP contribution in [0.15, 0.2) is 42.5 Å². The van der Waals surface area contributed by atoms with Gasteiger partial charge in [-0.25, -0.2) is 4.79 Å². The minimum Gasteiger partial charge on any atom is -0.478 e. The van der Waals surface area contributed by atoms with Crippen LogP contribution in [-0.2, 0) is 0 Å². The number of rotatable bonds is 3. The zero-order chi connectivity index (χ0) is 15.1. The number of hydrogen-bond acceptors (Lipinski definition) is 3. The Morgan fingerprint density at radius 3 is 2.35 bits per heavy atom. The molecule has 0 saturated carbocycles. The molecule has 0 heterocycles. The first-order valence-electron chi connectivity index (χ1n) is 6.44. The van der Waals surface area contributed by atoms with E-state index in [1.54, 1.807) is 30.3 Å². The van der Waals surface area contributed by atoms with Crippen LogP contribution in [0, 0.1) is 6.92 Å². The predicted octanol–water partition coefficient (Wildman–Crippen LogP) is 4.09. The second kappa shape index (κ2) is 7.19. The van der Waals surface area contributed by atoms with Gasteiger partial charge in [0.05, 0.1) is 5.69 Å². The molecule has 0 aromatic heterocycles. The number of aromatic carboxylic acids is 1. The van der Waals surface area contributed by atoms with Crippen molar-refractivity contribution in [1.82, 2.24) is 0 Å². The normalized spacial score (nSPS) is 9.35. The van der Waals surface area contributed by atoms with Gasteiger partial charge in [-0.2, -0.15) is 0 Å². The van der Waals surface area contributed by atoms with Gasteiger partial charge in [-0.1, -0.05) is 32.0 Å². The molecule has 0 aliphatic carbocycles. The highest BCUT2D eigenvalue weighted by Crippen LogP contribution is 2.30. The maximum absolute atomic E-state index is 11.0. The summed E-state index contributed by atoms with van der Waals surface area (Å²) in [5, 5.41) is 9.05. The fraction of sp³-hybridized carbons (Fsp3) is 0.188. The van der Waals surface area contributed by atoms with Crippen molar-refractivity contribution in [1.29, 1.82) is 0 Å². The van der Waals surface area contributed by atoms with E-state index in [0.717, 1.165) is 5.56 Å². The number of para-hydroxylation sites is 1. The standard InChI is InChI=1S/C14H13NO3.C2H6/c1-9-6-7-13(11(15)8-9)18-12-5-3-2-4-10(12)14(16)17;1-2/h2-8H,15H2,1H3,(H,16,17);1-2H3. The van der Waals surface area contributed by atoms with Gasteiger partial charge in [-0.3, -0.25) is 0 Å². The van der Waals surface area contributed by atoms with Crippen LogP contribution in [0.5, 0.6) is 11.5 Å². The summed E-state index contributed by atoms with van der Waals surface area (Å²) in [6.45, 7) is 5.92. The van der Waals surface area contributed by atoms with Crippen molar-refractivity contribution in [2.24, 2.45) is 0 Å². The smallest absolute Gasteiger partial charge is 0.339 e. The summed E-state index contributed by atoms with van der Waals surface area (Å²) >= 11 is 0. The maximum atomic E-state index is 11.0. The van der Waals surface area contributed by atoms with Gasteiger partial charge in [-0.15, -0.1) is 0 Å². The summed E-state index contributed by atoms with van der Waals surface area (Å²) < 4.78 is 5.55. The number of carboxylic acid groups (broad SMARTS) is 1. The van der Waals surface area contributed by atoms with E-state index >= 15 is 0 Å². The van der Waals surface area contributed by atoms with E-state index in [1.807, 2.05) is 26.8 Å². The molecule has 3 N–H and O–H groups in total. The van der Waals surface area contributed by atoms with Gasteiger partial charge in [0.25, 0.3) is 0 Å². The lowest BCUT2D eigenvalue weighted by Crippen LogP contribution is -2.00. The van der Waals surface area contributed by atoms with Crippen LogP contribution in [0.1, 0.15) is 29.8 Å². The molecule has 0 radical (unpaired) electrons. The summed E-state index contributed by atoms with van der Waals surface area (Å²) in [6.07, 6.45) is 0. The summed E-state index contributed by atoms with van der Waals surface area (Å²) in [6, 6.07) is 11.8. The lowest BCUT2D eigenvalue weighted by molar-refractivity contribution is 0.0694. The lowest BCUT2D eigenvalue weighted by atomic mass is 10.2. The summed E-state index contributed by atoms with van der Waals surface area (Å²) in [5.74, 6) is -0.300. The van der Waals surface area contributed by atoms with Gasteiger partial charge in [-0.05, 0) is 36.8 Å². The number of nitrogens with two attached hydrogens (primary N) is 1. The zero-order valence-electron chi connectivity index (χ0n) is 11.9. The van der Waals surface area contributed by atoms with Gasteiger partial charge in [0.2, 0.25) is 0 Å². The molecule has 20 heavy (non-hydrogen) atoms. The van der Waals surface area contributed by atoms with Crippen molar-refractivity contribution in [2.45, 2.75) is 20.8 Å². The monoisotopic (exact) mass is 273 g/mol. The largest absolute Gasteiger partial charge is 0.478 e. The third-order valence-electron chi connectivity index (χ3n) is 2.50. The first kappa shape index (κ1) is 15.6. The Balaban J connectivity index is 0.000000956.